The van der Waals surface area contributed by atoms with Crippen LogP contribution in [0.1, 0.15) is 12.5 Å². The molecule has 0 aliphatic carbocycles. The van der Waals surface area contributed by atoms with Gasteiger partial charge in [0.15, 0.2) is 0 Å². The first-order valence-electron chi connectivity index (χ1n) is 8.15. The number of hydrogen-bond donors (Lipinski definition) is 3. The van der Waals surface area contributed by atoms with Crippen LogP contribution < -0.4 is 15.8 Å². The Kier molecular flexibility index (Phi) is 8.61. The van der Waals surface area contributed by atoms with E-state index in [1.54, 1.807) is 19.1 Å². The maximum atomic E-state index is 12.1. The fourth-order valence-electron chi connectivity index (χ4n) is 2.04. The molecule has 0 saturated heterocycles. The quantitative estimate of drug-likeness (QED) is 0.602. The van der Waals surface area contributed by atoms with Crippen LogP contribution in [-0.4, -0.2) is 37.5 Å². The molecule has 0 heterocycles. The molecule has 2 aromatic carbocycles. The van der Waals surface area contributed by atoms with Gasteiger partial charge in [0.2, 0.25) is 5.91 Å². The summed E-state index contributed by atoms with van der Waals surface area (Å²) in [5, 5.41) is 2.99. The Balaban J connectivity index is 0.000000749. The summed E-state index contributed by atoms with van der Waals surface area (Å²) < 4.78 is 66.1. The van der Waals surface area contributed by atoms with Gasteiger partial charge in [-0.25, -0.2) is 0 Å². The number of nitrogens with one attached hydrogen (secondary N) is 1. The Morgan fingerprint density at radius 3 is 1.90 bits per heavy atom. The van der Waals surface area contributed by atoms with Crippen LogP contribution in [0.5, 0.6) is 5.75 Å². The van der Waals surface area contributed by atoms with E-state index < -0.39 is 28.4 Å². The van der Waals surface area contributed by atoms with Gasteiger partial charge in [0.25, 0.3) is 10.1 Å². The van der Waals surface area contributed by atoms with E-state index >= 15 is 0 Å². The second-order valence-corrected chi connectivity index (χ2v) is 7.47. The first kappa shape index (κ1) is 24.4. The fourth-order valence-corrected chi connectivity index (χ4v) is 2.04. The van der Waals surface area contributed by atoms with Crippen LogP contribution >= 0.6 is 0 Å². The maximum Gasteiger partial charge on any atom is 0.573 e. The summed E-state index contributed by atoms with van der Waals surface area (Å²) in [6.07, 6.45) is -3.98. The van der Waals surface area contributed by atoms with Gasteiger partial charge in [0, 0.05) is 6.54 Å². The average molecular weight is 434 g/mol. The Labute approximate surface area is 166 Å². The first-order valence-corrected chi connectivity index (χ1v) is 10.00. The number of nitrogens with two attached hydrogens (primary N) is 1. The molecule has 1 atom stereocenters. The molecule has 1 unspecified atom stereocenters. The molecule has 2 aromatic rings. The van der Waals surface area contributed by atoms with E-state index in [0.717, 1.165) is 16.7 Å². The van der Waals surface area contributed by atoms with Crippen molar-refractivity contribution in [3.8, 4) is 16.9 Å². The largest absolute Gasteiger partial charge is 0.573 e. The summed E-state index contributed by atoms with van der Waals surface area (Å²) in [5.41, 5.74) is 7.76. The fraction of sp³-hybridized carbons (Fsp3) is 0.278. The summed E-state index contributed by atoms with van der Waals surface area (Å²) in [7, 11) is -3.67. The third kappa shape index (κ3) is 11.1. The predicted molar refractivity (Wildman–Crippen MR) is 102 cm³/mol. The molecule has 0 aromatic heterocycles. The minimum absolute atomic E-state index is 0.257. The smallest absolute Gasteiger partial charge is 0.406 e. The number of rotatable bonds is 6. The molecule has 0 fully saturated rings. The van der Waals surface area contributed by atoms with E-state index in [4.69, 9.17) is 10.3 Å². The van der Waals surface area contributed by atoms with Crippen LogP contribution in [0.25, 0.3) is 11.1 Å². The number of hydrogen-bond acceptors (Lipinski definition) is 5. The lowest BCUT2D eigenvalue weighted by molar-refractivity contribution is -0.274. The van der Waals surface area contributed by atoms with Gasteiger partial charge < -0.3 is 15.8 Å². The van der Waals surface area contributed by atoms with Crippen molar-refractivity contribution < 1.29 is 35.7 Å². The number of ether oxygens (including phenoxy) is 1. The minimum Gasteiger partial charge on any atom is -0.406 e. The SMILES string of the molecule is CC(NCc1ccc(-c2ccc(OC(F)(F)F)cc2)cc1)C(N)=O.CS(=O)(=O)O. The van der Waals surface area contributed by atoms with Crippen molar-refractivity contribution in [2.24, 2.45) is 5.73 Å². The highest BCUT2D eigenvalue weighted by atomic mass is 32.2. The zero-order valence-corrected chi connectivity index (χ0v) is 16.4. The number of alkyl halides is 3. The predicted octanol–water partition coefficient (Wildman–Crippen LogP) is 2.72. The molecule has 0 bridgehead atoms. The maximum absolute atomic E-state index is 12.1. The van der Waals surface area contributed by atoms with Crippen LogP contribution in [0.4, 0.5) is 13.2 Å². The lowest BCUT2D eigenvalue weighted by Gasteiger charge is -2.11. The number of carbonyl (C=O) groups excluding carboxylic acids is 1. The van der Waals surface area contributed by atoms with Crippen LogP contribution in [-0.2, 0) is 21.5 Å². The monoisotopic (exact) mass is 434 g/mol. The van der Waals surface area contributed by atoms with E-state index in [1.807, 2.05) is 24.3 Å². The standard InChI is InChI=1S/C17H17F3N2O2.CH4O3S/c1-11(16(21)23)22-10-12-2-4-13(5-3-12)14-6-8-15(9-7-14)24-17(18,19)20;1-5(2,3)4/h2-9,11,22H,10H2,1H3,(H2,21,23);1H3,(H,2,3,4). The van der Waals surface area contributed by atoms with Crippen molar-refractivity contribution in [3.05, 3.63) is 54.1 Å². The molecule has 0 radical (unpaired) electrons. The highest BCUT2D eigenvalue weighted by molar-refractivity contribution is 7.85. The molecule has 0 aliphatic heterocycles. The van der Waals surface area contributed by atoms with Gasteiger partial charge in [-0.1, -0.05) is 36.4 Å². The highest BCUT2D eigenvalue weighted by Gasteiger charge is 2.30. The summed E-state index contributed by atoms with van der Waals surface area (Å²) in [6.45, 7) is 2.17. The van der Waals surface area contributed by atoms with E-state index in [1.165, 1.54) is 12.1 Å². The van der Waals surface area contributed by atoms with Gasteiger partial charge in [0.1, 0.15) is 5.75 Å². The van der Waals surface area contributed by atoms with Gasteiger partial charge in [-0.05, 0) is 35.7 Å². The normalized spacial score (nSPS) is 12.5. The average Bonchev–Trinajstić information content (AvgIpc) is 2.58. The Morgan fingerprint density at radius 2 is 1.52 bits per heavy atom. The van der Waals surface area contributed by atoms with Gasteiger partial charge >= 0.3 is 6.36 Å². The van der Waals surface area contributed by atoms with Crippen LogP contribution in [0.2, 0.25) is 0 Å². The number of benzene rings is 2. The number of carbonyl (C=O) groups is 1. The molecule has 0 saturated carbocycles. The van der Waals surface area contributed by atoms with Crippen molar-refractivity contribution >= 4 is 16.0 Å². The number of halogens is 3. The van der Waals surface area contributed by atoms with E-state index in [2.05, 4.69) is 10.1 Å². The van der Waals surface area contributed by atoms with Gasteiger partial charge in [0.05, 0.1) is 12.3 Å². The molecule has 160 valence electrons. The van der Waals surface area contributed by atoms with Crippen LogP contribution in [0, 0.1) is 0 Å². The van der Waals surface area contributed by atoms with Gasteiger partial charge in [-0.2, -0.15) is 8.42 Å². The van der Waals surface area contributed by atoms with Crippen LogP contribution in [0.3, 0.4) is 0 Å². The van der Waals surface area contributed by atoms with Gasteiger partial charge in [-0.3, -0.25) is 9.35 Å². The van der Waals surface area contributed by atoms with Crippen molar-refractivity contribution in [2.75, 3.05) is 6.26 Å². The molecule has 29 heavy (non-hydrogen) atoms. The molecule has 11 heteroatoms. The van der Waals surface area contributed by atoms with Crippen molar-refractivity contribution in [2.45, 2.75) is 25.9 Å². The summed E-state index contributed by atoms with van der Waals surface area (Å²) in [6, 6.07) is 12.7. The highest BCUT2D eigenvalue weighted by Crippen LogP contribution is 2.26. The van der Waals surface area contributed by atoms with Gasteiger partial charge in [-0.15, -0.1) is 13.2 Å². The zero-order valence-electron chi connectivity index (χ0n) is 15.6. The number of primary amides is 1. The lowest BCUT2D eigenvalue weighted by atomic mass is 10.0. The zero-order chi connectivity index (χ0) is 22.2. The molecule has 0 aliphatic rings. The summed E-state index contributed by atoms with van der Waals surface area (Å²) >= 11 is 0. The molecule has 1 amide bonds. The summed E-state index contributed by atoms with van der Waals surface area (Å²) in [5.74, 6) is -0.680. The molecule has 0 spiro atoms. The van der Waals surface area contributed by atoms with E-state index in [9.17, 15) is 26.4 Å². The molecule has 7 nitrogen and oxygen atoms in total. The lowest BCUT2D eigenvalue weighted by Crippen LogP contribution is -2.38. The number of amides is 1. The molecule has 2 rings (SSSR count). The Morgan fingerprint density at radius 1 is 1.10 bits per heavy atom. The molecular weight excluding hydrogens is 413 g/mol. The van der Waals surface area contributed by atoms with Crippen LogP contribution in [0.15, 0.2) is 48.5 Å². The second-order valence-electron chi connectivity index (χ2n) is 6.01. The van der Waals surface area contributed by atoms with Crippen molar-refractivity contribution in [1.29, 1.82) is 0 Å². The van der Waals surface area contributed by atoms with E-state index in [-0.39, 0.29) is 5.75 Å². The third-order valence-electron chi connectivity index (χ3n) is 3.41. The molecule has 4 N–H and O–H groups in total. The topological polar surface area (TPSA) is 119 Å². The first-order chi connectivity index (χ1) is 13.2. The minimum atomic E-state index is -4.70. The second kappa shape index (κ2) is 10.2. The Hall–Kier alpha value is -2.63. The molecular formula is C18H21F3N2O5S. The van der Waals surface area contributed by atoms with E-state index in [0.29, 0.717) is 12.8 Å². The Bertz CT molecular complexity index is 891. The van der Waals surface area contributed by atoms with Crippen molar-refractivity contribution in [1.82, 2.24) is 5.32 Å². The van der Waals surface area contributed by atoms with Crippen molar-refractivity contribution in [3.63, 3.8) is 0 Å². The summed E-state index contributed by atoms with van der Waals surface area (Å²) in [4.78, 5) is 11.0. The third-order valence-corrected chi connectivity index (χ3v) is 3.41.